The van der Waals surface area contributed by atoms with Gasteiger partial charge in [0, 0.05) is 18.4 Å². The first-order valence-corrected chi connectivity index (χ1v) is 7.53. The Labute approximate surface area is 118 Å². The van der Waals surface area contributed by atoms with Crippen LogP contribution in [0.4, 0.5) is 0 Å². The highest BCUT2D eigenvalue weighted by Crippen LogP contribution is 2.69. The lowest BCUT2D eigenvalue weighted by Crippen LogP contribution is -2.09. The van der Waals surface area contributed by atoms with Crippen LogP contribution in [-0.4, -0.2) is 26.4 Å². The minimum absolute atomic E-state index is 0.0634. The second kappa shape index (κ2) is 4.54. The molecule has 1 fully saturated rings. The molecule has 1 saturated carbocycles. The average molecular weight is 282 g/mol. The first-order chi connectivity index (χ1) is 8.68. The van der Waals surface area contributed by atoms with Gasteiger partial charge >= 0.3 is 5.97 Å². The lowest BCUT2D eigenvalue weighted by molar-refractivity contribution is -0.133. The lowest BCUT2D eigenvalue weighted by Gasteiger charge is -2.10. The lowest BCUT2D eigenvalue weighted by atomic mass is 10.0. The molecule has 5 heteroatoms. The molecule has 2 rings (SSSR count). The first-order valence-electron chi connectivity index (χ1n) is 6.54. The molecule has 0 spiro atoms. The molecule has 1 N–H and O–H groups in total. The predicted octanol–water partition coefficient (Wildman–Crippen LogP) is 3.05. The largest absolute Gasteiger partial charge is 0.481 e. The highest BCUT2D eigenvalue weighted by molar-refractivity contribution is 7.99. The topological polar surface area (TPSA) is 55.1 Å². The fourth-order valence-electron chi connectivity index (χ4n) is 2.87. The highest BCUT2D eigenvalue weighted by atomic mass is 32.2. The Morgan fingerprint density at radius 2 is 2.00 bits per heavy atom. The molecule has 1 aromatic heterocycles. The number of carbonyl (C=O) groups is 1. The fourth-order valence-corrected chi connectivity index (χ4v) is 3.63. The van der Waals surface area contributed by atoms with Crippen LogP contribution in [0.25, 0.3) is 0 Å². The van der Waals surface area contributed by atoms with Crippen LogP contribution in [0.2, 0.25) is 0 Å². The summed E-state index contributed by atoms with van der Waals surface area (Å²) in [5.74, 6) is -0.130. The summed E-state index contributed by atoms with van der Waals surface area (Å²) in [5, 5.41) is 9.59. The van der Waals surface area contributed by atoms with Gasteiger partial charge in [-0.3, -0.25) is 4.79 Å². The number of carboxylic acids is 1. The molecule has 106 valence electrons. The zero-order valence-corrected chi connectivity index (χ0v) is 13.0. The van der Waals surface area contributed by atoms with Crippen molar-refractivity contribution in [1.82, 2.24) is 9.55 Å². The van der Waals surface area contributed by atoms with Crippen LogP contribution in [0.1, 0.15) is 33.4 Å². The van der Waals surface area contributed by atoms with Crippen molar-refractivity contribution in [3.63, 3.8) is 0 Å². The van der Waals surface area contributed by atoms with Crippen LogP contribution < -0.4 is 0 Å². The summed E-state index contributed by atoms with van der Waals surface area (Å²) in [6.45, 7) is 12.2. The third-order valence-electron chi connectivity index (χ3n) is 5.03. The monoisotopic (exact) mass is 282 g/mol. The quantitative estimate of drug-likeness (QED) is 0.843. The van der Waals surface area contributed by atoms with Crippen molar-refractivity contribution in [1.29, 1.82) is 0 Å². The van der Waals surface area contributed by atoms with Gasteiger partial charge in [0.15, 0.2) is 5.16 Å². The maximum atomic E-state index is 10.7. The molecular weight excluding hydrogens is 260 g/mol. The molecule has 0 atom stereocenters. The smallest absolute Gasteiger partial charge is 0.313 e. The molecular formula is C14H22N2O2S. The molecule has 1 aromatic rings. The maximum absolute atomic E-state index is 10.7. The van der Waals surface area contributed by atoms with E-state index < -0.39 is 5.97 Å². The van der Waals surface area contributed by atoms with Crippen molar-refractivity contribution in [2.75, 3.05) is 5.75 Å². The summed E-state index contributed by atoms with van der Waals surface area (Å²) in [4.78, 5) is 15.0. The van der Waals surface area contributed by atoms with Crippen molar-refractivity contribution < 1.29 is 9.90 Å². The Bertz CT molecular complexity index is 492. The molecule has 0 aliphatic heterocycles. The van der Waals surface area contributed by atoms with Crippen molar-refractivity contribution in [2.24, 2.45) is 16.7 Å². The summed E-state index contributed by atoms with van der Waals surface area (Å²) in [7, 11) is 0. The minimum atomic E-state index is -0.802. The average Bonchev–Trinajstić information content (AvgIpc) is 2.59. The SMILES string of the molecule is Cc1cnc(SCC(=O)O)n1CC1C(C)(C)C1(C)C. The van der Waals surface area contributed by atoms with Crippen molar-refractivity contribution in [3.8, 4) is 0 Å². The molecule has 0 radical (unpaired) electrons. The minimum Gasteiger partial charge on any atom is -0.481 e. The van der Waals surface area contributed by atoms with E-state index in [1.807, 2.05) is 13.1 Å². The molecule has 0 amide bonds. The van der Waals surface area contributed by atoms with Gasteiger partial charge in [-0.05, 0) is 23.7 Å². The van der Waals surface area contributed by atoms with E-state index >= 15 is 0 Å². The van der Waals surface area contributed by atoms with Gasteiger partial charge in [-0.15, -0.1) is 0 Å². The molecule has 1 aliphatic carbocycles. The van der Waals surface area contributed by atoms with Gasteiger partial charge in [0.2, 0.25) is 0 Å². The second-order valence-corrected chi connectivity index (χ2v) is 7.41. The number of nitrogens with zero attached hydrogens (tertiary/aromatic N) is 2. The number of aryl methyl sites for hydroxylation is 1. The fraction of sp³-hybridized carbons (Fsp3) is 0.714. The summed E-state index contributed by atoms with van der Waals surface area (Å²) in [6, 6.07) is 0. The molecule has 1 aliphatic rings. The molecule has 0 aromatic carbocycles. The zero-order chi connectivity index (χ0) is 14.4. The molecule has 0 bridgehead atoms. The Hall–Kier alpha value is -0.970. The second-order valence-electron chi connectivity index (χ2n) is 6.47. The summed E-state index contributed by atoms with van der Waals surface area (Å²) in [5.41, 5.74) is 1.77. The van der Waals surface area contributed by atoms with E-state index in [1.165, 1.54) is 11.8 Å². The molecule has 4 nitrogen and oxygen atoms in total. The van der Waals surface area contributed by atoms with Gasteiger partial charge in [-0.25, -0.2) is 4.98 Å². The Kier molecular flexibility index (Phi) is 3.45. The third-order valence-corrected chi connectivity index (χ3v) is 6.00. The summed E-state index contributed by atoms with van der Waals surface area (Å²) >= 11 is 1.30. The Morgan fingerprint density at radius 3 is 2.47 bits per heavy atom. The number of thioether (sulfide) groups is 1. The summed E-state index contributed by atoms with van der Waals surface area (Å²) in [6.07, 6.45) is 1.83. The summed E-state index contributed by atoms with van der Waals surface area (Å²) < 4.78 is 2.16. The zero-order valence-electron chi connectivity index (χ0n) is 12.2. The van der Waals surface area contributed by atoms with Crippen LogP contribution >= 0.6 is 11.8 Å². The van der Waals surface area contributed by atoms with E-state index in [2.05, 4.69) is 37.2 Å². The molecule has 19 heavy (non-hydrogen) atoms. The van der Waals surface area contributed by atoms with Gasteiger partial charge < -0.3 is 9.67 Å². The van der Waals surface area contributed by atoms with Crippen LogP contribution in [0, 0.1) is 23.7 Å². The number of rotatable bonds is 5. The molecule has 0 unspecified atom stereocenters. The first kappa shape index (κ1) is 14.4. The van der Waals surface area contributed by atoms with Crippen LogP contribution in [0.15, 0.2) is 11.4 Å². The van der Waals surface area contributed by atoms with E-state index in [0.717, 1.165) is 17.4 Å². The van der Waals surface area contributed by atoms with E-state index in [9.17, 15) is 4.79 Å². The number of aromatic nitrogens is 2. The maximum Gasteiger partial charge on any atom is 0.313 e. The standard InChI is InChI=1S/C14H22N2O2S/c1-9-6-15-12(19-8-11(17)18)16(9)7-10-13(2,3)14(10,4)5/h6,10H,7-8H2,1-5H3,(H,17,18). The molecule has 1 heterocycles. The van der Waals surface area contributed by atoms with E-state index in [1.54, 1.807) is 0 Å². The predicted molar refractivity (Wildman–Crippen MR) is 76.4 cm³/mol. The van der Waals surface area contributed by atoms with Crippen molar-refractivity contribution >= 4 is 17.7 Å². The number of hydrogen-bond acceptors (Lipinski definition) is 3. The normalized spacial score (nSPS) is 20.5. The van der Waals surface area contributed by atoms with Crippen LogP contribution in [-0.2, 0) is 11.3 Å². The number of aliphatic carboxylic acids is 1. The van der Waals surface area contributed by atoms with E-state index in [4.69, 9.17) is 5.11 Å². The van der Waals surface area contributed by atoms with Gasteiger partial charge in [-0.1, -0.05) is 39.5 Å². The molecule has 0 saturated heterocycles. The number of carboxylic acid groups (broad SMARTS) is 1. The van der Waals surface area contributed by atoms with Gasteiger partial charge in [0.05, 0.1) is 5.75 Å². The number of imidazole rings is 1. The van der Waals surface area contributed by atoms with Crippen LogP contribution in [0.5, 0.6) is 0 Å². The third kappa shape index (κ3) is 2.40. The highest BCUT2D eigenvalue weighted by Gasteiger charge is 2.64. The Balaban J connectivity index is 2.13. The van der Waals surface area contributed by atoms with Gasteiger partial charge in [0.25, 0.3) is 0 Å². The van der Waals surface area contributed by atoms with Gasteiger partial charge in [0.1, 0.15) is 0 Å². The Morgan fingerprint density at radius 1 is 1.42 bits per heavy atom. The number of hydrogen-bond donors (Lipinski definition) is 1. The van der Waals surface area contributed by atoms with Crippen LogP contribution in [0.3, 0.4) is 0 Å². The van der Waals surface area contributed by atoms with E-state index in [-0.39, 0.29) is 5.75 Å². The van der Waals surface area contributed by atoms with Gasteiger partial charge in [-0.2, -0.15) is 0 Å². The van der Waals surface area contributed by atoms with E-state index in [0.29, 0.717) is 16.7 Å². The van der Waals surface area contributed by atoms with Crippen molar-refractivity contribution in [2.45, 2.75) is 46.3 Å². The van der Waals surface area contributed by atoms with Crippen molar-refractivity contribution in [3.05, 3.63) is 11.9 Å².